The van der Waals surface area contributed by atoms with Crippen molar-refractivity contribution in [3.63, 3.8) is 0 Å². The Morgan fingerprint density at radius 1 is 0.405 bits per heavy atom. The van der Waals surface area contributed by atoms with Crippen molar-refractivity contribution < 1.29 is 222 Å². The number of hydrogen-bond acceptors (Lipinski definition) is 45. The second-order valence-electron chi connectivity index (χ2n) is 31.9. The Labute approximate surface area is 722 Å². The van der Waals surface area contributed by atoms with Gasteiger partial charge in [-0.25, -0.2) is 9.59 Å². The quantitative estimate of drug-likeness (QED) is 0.0207. The molecule has 126 heavy (non-hydrogen) atoms. The zero-order chi connectivity index (χ0) is 92.9. The molecular formula is C72H120N8O45S. The van der Waals surface area contributed by atoms with E-state index in [9.17, 15) is 146 Å². The molecule has 10 fully saturated rings. The third-order valence-electron chi connectivity index (χ3n) is 22.9. The van der Waals surface area contributed by atoms with E-state index < -0.39 is 340 Å². The van der Waals surface area contributed by atoms with E-state index in [1.54, 1.807) is 0 Å². The average molecular weight is 1850 g/mol. The summed E-state index contributed by atoms with van der Waals surface area (Å²) in [6, 6.07) is -7.60. The number of urea groups is 1. The number of carboxylic acids is 1. The summed E-state index contributed by atoms with van der Waals surface area (Å²) in [6.07, 6.45) is -69.0. The predicted octanol–water partition coefficient (Wildman–Crippen LogP) is -17.4. The van der Waals surface area contributed by atoms with Gasteiger partial charge in [-0.2, -0.15) is 11.8 Å². The first-order valence-corrected chi connectivity index (χ1v) is 41.8. The number of carbonyl (C=O) groups excluding carboxylic acids is 7. The van der Waals surface area contributed by atoms with Gasteiger partial charge in [-0.05, 0) is 19.8 Å². The number of fused-ring (bicyclic) bond motifs is 1. The van der Waals surface area contributed by atoms with Crippen LogP contribution in [0.4, 0.5) is 4.79 Å². The van der Waals surface area contributed by atoms with Gasteiger partial charge in [0.1, 0.15) is 195 Å². The van der Waals surface area contributed by atoms with E-state index in [1.807, 2.05) is 11.8 Å². The Morgan fingerprint density at radius 2 is 0.786 bits per heavy atom. The molecule has 54 heteroatoms. The molecule has 8 amide bonds. The van der Waals surface area contributed by atoms with Gasteiger partial charge in [-0.3, -0.25) is 28.8 Å². The highest BCUT2D eigenvalue weighted by Gasteiger charge is 2.61. The van der Waals surface area contributed by atoms with Crippen LogP contribution in [0, 0.1) is 0 Å². The number of carboxylic acid groups (broad SMARTS) is 1. The Hall–Kier alpha value is -5.53. The van der Waals surface area contributed by atoms with Crippen molar-refractivity contribution in [1.29, 1.82) is 0 Å². The van der Waals surface area contributed by atoms with Gasteiger partial charge in [-0.1, -0.05) is 6.42 Å². The summed E-state index contributed by atoms with van der Waals surface area (Å²) in [4.78, 5) is 95.9. The van der Waals surface area contributed by atoms with Crippen LogP contribution in [0.3, 0.4) is 0 Å². The van der Waals surface area contributed by atoms with E-state index in [0.29, 0.717) is 11.7 Å². The normalized spacial score (nSPS) is 43.8. The number of unbranched alkanes of at least 4 members (excludes halogenated alkanes) is 1. The molecule has 0 aliphatic carbocycles. The SMILES string of the molecule is CC(=O)NC1C(O)[C@H](O)[C@H](CO)O[C@H]1OC1[C@@H](OCC2O[C@@H](O[C@@H]3C(CO)O[C@@H](O[C@@H]4C(CO)O[C@@H](C)C(NC(C)=O)[C@H]4O)C(NC(C)=O)[C@H]3O)C(O)[C@@H](O[C@H]3OC(CO)[C@@H](O)C(O)C3O[C@@H]3OC(CO)[C@@H](O[C@@H]4OC(CO)[C@H](O)[C@H](O)C4O)[C@H](O)C3NC(C)=O)[C@@H]2O)OC(CO)[C@@H](O)[C@@H]1O.CNC(=O)CC(NC(=O)CCCCC1SCC2NC(=O)NC21)C(=O)O. The first kappa shape index (κ1) is 104. The first-order chi connectivity index (χ1) is 59.7. The van der Waals surface area contributed by atoms with Gasteiger partial charge < -0.3 is 226 Å². The number of ether oxygens (including phenoxy) is 15. The van der Waals surface area contributed by atoms with E-state index in [4.69, 9.17) is 76.2 Å². The third-order valence-corrected chi connectivity index (χ3v) is 24.4. The number of rotatable bonds is 35. The molecule has 10 heterocycles. The molecule has 53 nitrogen and oxygen atoms in total. The highest BCUT2D eigenvalue weighted by Crippen LogP contribution is 2.40. The lowest BCUT2D eigenvalue weighted by atomic mass is 9.92. The second-order valence-corrected chi connectivity index (χ2v) is 33.1. The molecule has 724 valence electrons. The largest absolute Gasteiger partial charge is 0.480 e. The summed E-state index contributed by atoms with van der Waals surface area (Å²) < 4.78 is 89.4. The molecule has 0 aromatic rings. The number of aliphatic hydroxyl groups is 21. The molecule has 44 atom stereocenters. The molecule has 0 saturated carbocycles. The lowest BCUT2D eigenvalue weighted by Gasteiger charge is -2.51. The smallest absolute Gasteiger partial charge is 0.326 e. The van der Waals surface area contributed by atoms with Crippen molar-refractivity contribution >= 4 is 59.2 Å². The van der Waals surface area contributed by atoms with E-state index in [-0.39, 0.29) is 36.9 Å². The van der Waals surface area contributed by atoms with E-state index in [1.165, 1.54) is 14.0 Å². The van der Waals surface area contributed by atoms with Crippen molar-refractivity contribution in [2.24, 2.45) is 0 Å². The van der Waals surface area contributed by atoms with Gasteiger partial charge in [-0.15, -0.1) is 0 Å². The van der Waals surface area contributed by atoms with Crippen LogP contribution in [0.1, 0.15) is 66.7 Å². The average Bonchev–Trinajstić information content (AvgIpc) is 1.19. The fourth-order valence-electron chi connectivity index (χ4n) is 16.2. The summed E-state index contributed by atoms with van der Waals surface area (Å²) in [7, 11) is 1.41. The Balaban J connectivity index is 0.000000613. The maximum absolute atomic E-state index is 12.9. The second kappa shape index (κ2) is 47.2. The van der Waals surface area contributed by atoms with E-state index in [0.717, 1.165) is 46.3 Å². The number of aliphatic hydroxyl groups excluding tert-OH is 21. The summed E-state index contributed by atoms with van der Waals surface area (Å²) in [5.74, 6) is -4.37. The fraction of sp³-hybridized carbons (Fsp3) is 0.889. The molecule has 0 aromatic carbocycles. The molecule has 10 rings (SSSR count). The van der Waals surface area contributed by atoms with Crippen molar-refractivity contribution in [3.05, 3.63) is 0 Å². The molecule has 0 spiro atoms. The minimum atomic E-state index is -2.50. The van der Waals surface area contributed by atoms with Crippen molar-refractivity contribution in [2.75, 3.05) is 65.7 Å². The molecule has 10 aliphatic heterocycles. The van der Waals surface area contributed by atoms with Crippen LogP contribution in [0.2, 0.25) is 0 Å². The monoisotopic (exact) mass is 1850 g/mol. The Bertz CT molecular complexity index is 3520. The molecule has 0 radical (unpaired) electrons. The number of nitrogens with one attached hydrogen (secondary N) is 8. The van der Waals surface area contributed by atoms with Crippen molar-refractivity contribution in [2.45, 2.75) is 335 Å². The zero-order valence-corrected chi connectivity index (χ0v) is 69.8. The van der Waals surface area contributed by atoms with Crippen LogP contribution in [0.15, 0.2) is 0 Å². The summed E-state index contributed by atoms with van der Waals surface area (Å²) in [6.45, 7) is -2.66. The highest BCUT2D eigenvalue weighted by atomic mass is 32.2. The van der Waals surface area contributed by atoms with Crippen LogP contribution in [0.25, 0.3) is 0 Å². The Morgan fingerprint density at radius 3 is 1.26 bits per heavy atom. The molecule has 21 unspecified atom stereocenters. The van der Waals surface area contributed by atoms with Crippen LogP contribution in [0.5, 0.6) is 0 Å². The summed E-state index contributed by atoms with van der Waals surface area (Å²) in [5, 5.41) is 262. The number of aliphatic carboxylic acids is 1. The number of hydrogen-bond donors (Lipinski definition) is 30. The van der Waals surface area contributed by atoms with Crippen LogP contribution in [-0.2, 0) is 105 Å². The van der Waals surface area contributed by atoms with Gasteiger partial charge in [0.25, 0.3) is 0 Å². The summed E-state index contributed by atoms with van der Waals surface area (Å²) >= 11 is 1.82. The van der Waals surface area contributed by atoms with Gasteiger partial charge in [0, 0.05) is 52.2 Å². The lowest BCUT2D eigenvalue weighted by molar-refractivity contribution is -0.398. The van der Waals surface area contributed by atoms with Crippen molar-refractivity contribution in [3.8, 4) is 0 Å². The van der Waals surface area contributed by atoms with Gasteiger partial charge in [0.15, 0.2) is 44.0 Å². The topological polar surface area (TPSA) is 816 Å². The van der Waals surface area contributed by atoms with Gasteiger partial charge in [0.05, 0.1) is 83.5 Å². The molecule has 10 saturated heterocycles. The molecule has 10 aliphatic rings. The number of thioether (sulfide) groups is 1. The fourth-order valence-corrected chi connectivity index (χ4v) is 17.8. The number of amides is 8. The van der Waals surface area contributed by atoms with Crippen LogP contribution >= 0.6 is 11.8 Å². The molecule has 0 bridgehead atoms. The molecular weight excluding hydrogens is 1730 g/mol. The highest BCUT2D eigenvalue weighted by molar-refractivity contribution is 8.00. The Kier molecular flexibility index (Phi) is 39.0. The van der Waals surface area contributed by atoms with E-state index >= 15 is 0 Å². The molecule has 0 aromatic heterocycles. The maximum atomic E-state index is 12.9. The van der Waals surface area contributed by atoms with Gasteiger partial charge >= 0.3 is 12.0 Å². The third kappa shape index (κ3) is 25.0. The van der Waals surface area contributed by atoms with Crippen molar-refractivity contribution in [1.82, 2.24) is 42.5 Å². The van der Waals surface area contributed by atoms with E-state index in [2.05, 4.69) is 42.5 Å². The maximum Gasteiger partial charge on any atom is 0.326 e. The van der Waals surface area contributed by atoms with Crippen LogP contribution in [-0.4, -0.2) is 494 Å². The minimum Gasteiger partial charge on any atom is -0.480 e. The number of carbonyl (C=O) groups is 8. The first-order valence-electron chi connectivity index (χ1n) is 40.8. The predicted molar refractivity (Wildman–Crippen MR) is 406 cm³/mol. The molecule has 30 N–H and O–H groups in total. The van der Waals surface area contributed by atoms with Crippen LogP contribution < -0.4 is 42.5 Å². The zero-order valence-electron chi connectivity index (χ0n) is 68.9. The minimum absolute atomic E-state index is 0.115. The standard InChI is InChI=1S/C57H96N4O40.C15H24N4O5S/c1-14-27(58-15(2)69)37(79)45(23(10-66)88-14)96-52-29(60-17(4)71)38(80)47(25(12-68)93-52)98-55-44(86)48(35(77)26(95-55)13-87-56-49(41(83)33(75)21(8-64)91-56)100-51-28(59-16(3)70)36(78)31(73)19(6-62)89-51)99-57-50(42(84)34(76)22(9-65)92-57)101-53-30(61-18(5)72)39(81)46(24(11-67)94-53)97-54-43(85)40(82)32(74)20(7-63)90-54;1-16-12(21)6-8(14(22)23)17-11(20)5-3-2-4-10-13-9(7-25-10)18-15(24)19-13/h14,19-57,62-68,73-86H,6-13H2,1-5H3,(H,58,69)(H,59,70)(H,60,71)(H,61,72);8-10,13H,2-7H2,1H3,(H,16,21)(H,17,20)(H,22,23)(H2,18,19,24)/t14-,19-,20?,21?,22?,23?,24?,25?,26?,27?,28?,29?,30?,31+,32-,33+,34+,35+,36?,37+,38+,39+,40-,41-,42?,43?,44?,45+,46+,47+,48-,49?,50?,51-,52-,53-,54-,55-,56-,57+;/m0./s1. The summed E-state index contributed by atoms with van der Waals surface area (Å²) in [5.41, 5.74) is 0. The lowest BCUT2D eigenvalue weighted by Crippen LogP contribution is -2.71. The van der Waals surface area contributed by atoms with Gasteiger partial charge in [0.2, 0.25) is 35.4 Å².